The second kappa shape index (κ2) is 4.74. The molecule has 21 heavy (non-hydrogen) atoms. The van der Waals surface area contributed by atoms with E-state index in [0.717, 1.165) is 29.8 Å². The van der Waals surface area contributed by atoms with E-state index in [1.54, 1.807) is 0 Å². The van der Waals surface area contributed by atoms with Gasteiger partial charge in [0.1, 0.15) is 5.71 Å². The van der Waals surface area contributed by atoms with Gasteiger partial charge in [0, 0.05) is 11.3 Å². The zero-order valence-electron chi connectivity index (χ0n) is 11.8. The Bertz CT molecular complexity index is 667. The fourth-order valence-electron chi connectivity index (χ4n) is 3.18. The van der Waals surface area contributed by atoms with Crippen LogP contribution >= 0.6 is 0 Å². The fraction of sp³-hybridized carbons (Fsp3) is 0.353. The molecule has 1 aliphatic carbocycles. The third-order valence-corrected chi connectivity index (χ3v) is 4.36. The summed E-state index contributed by atoms with van der Waals surface area (Å²) in [5, 5.41) is 14.8. The third kappa shape index (κ3) is 2.16. The number of H-pyrrole nitrogens is 1. The zero-order chi connectivity index (χ0) is 14.3. The maximum atomic E-state index is 10.6. The molecule has 0 spiro atoms. The van der Waals surface area contributed by atoms with Gasteiger partial charge in [-0.2, -0.15) is 0 Å². The Hall–Kier alpha value is -2.07. The Morgan fingerprint density at radius 1 is 1.14 bits per heavy atom. The van der Waals surface area contributed by atoms with Crippen LogP contribution in [0.5, 0.6) is 0 Å². The second-order valence-electron chi connectivity index (χ2n) is 5.85. The highest BCUT2D eigenvalue weighted by Crippen LogP contribution is 2.34. The minimum atomic E-state index is -1.35. The number of oxime groups is 1. The van der Waals surface area contributed by atoms with Crippen molar-refractivity contribution in [2.75, 3.05) is 0 Å². The summed E-state index contributed by atoms with van der Waals surface area (Å²) in [7, 11) is 0. The summed E-state index contributed by atoms with van der Waals surface area (Å²) in [5.74, 6) is -1.35. The summed E-state index contributed by atoms with van der Waals surface area (Å²) in [5.41, 5.74) is 5.20. The SMILES string of the molecule is OC1(c2ccccc2)CC(c2cc3c([nH]2)CCCC3)=NO1. The Balaban J connectivity index is 1.60. The number of benzene rings is 1. The third-order valence-electron chi connectivity index (χ3n) is 4.36. The number of nitrogens with zero attached hydrogens (tertiary/aromatic N) is 1. The number of hydrogen-bond acceptors (Lipinski definition) is 3. The van der Waals surface area contributed by atoms with Gasteiger partial charge in [-0.3, -0.25) is 0 Å². The van der Waals surface area contributed by atoms with Gasteiger partial charge in [-0.25, -0.2) is 0 Å². The van der Waals surface area contributed by atoms with Gasteiger partial charge in [-0.1, -0.05) is 35.5 Å². The molecule has 4 nitrogen and oxygen atoms in total. The van der Waals surface area contributed by atoms with Gasteiger partial charge in [0.05, 0.1) is 12.1 Å². The minimum Gasteiger partial charge on any atom is -0.357 e. The quantitative estimate of drug-likeness (QED) is 0.890. The summed E-state index contributed by atoms with van der Waals surface area (Å²) in [6, 6.07) is 11.6. The lowest BCUT2D eigenvalue weighted by Gasteiger charge is -2.19. The number of nitrogens with one attached hydrogen (secondary N) is 1. The lowest BCUT2D eigenvalue weighted by Crippen LogP contribution is -2.25. The number of rotatable bonds is 2. The van der Waals surface area contributed by atoms with E-state index in [2.05, 4.69) is 16.2 Å². The smallest absolute Gasteiger partial charge is 0.266 e. The van der Waals surface area contributed by atoms with Crippen molar-refractivity contribution in [3.8, 4) is 0 Å². The van der Waals surface area contributed by atoms with Crippen LogP contribution in [0.4, 0.5) is 0 Å². The monoisotopic (exact) mass is 282 g/mol. The molecule has 0 fully saturated rings. The van der Waals surface area contributed by atoms with Crippen LogP contribution in [0.25, 0.3) is 0 Å². The standard InChI is InChI=1S/C17H18N2O2/c20-17(13-7-2-1-3-8-13)11-16(19-21-17)15-10-12-6-4-5-9-14(12)18-15/h1-3,7-8,10,18,20H,4-6,9,11H2. The van der Waals surface area contributed by atoms with Gasteiger partial charge in [0.15, 0.2) is 0 Å². The molecular formula is C17H18N2O2. The van der Waals surface area contributed by atoms with Crippen LogP contribution < -0.4 is 0 Å². The molecule has 2 N–H and O–H groups in total. The van der Waals surface area contributed by atoms with Gasteiger partial charge in [0.25, 0.3) is 5.79 Å². The van der Waals surface area contributed by atoms with Crippen LogP contribution in [0, 0.1) is 0 Å². The summed E-state index contributed by atoms with van der Waals surface area (Å²) in [4.78, 5) is 8.79. The van der Waals surface area contributed by atoms with Crippen molar-refractivity contribution in [2.45, 2.75) is 37.9 Å². The van der Waals surface area contributed by atoms with E-state index >= 15 is 0 Å². The van der Waals surface area contributed by atoms with E-state index in [1.165, 1.54) is 24.1 Å². The average Bonchev–Trinajstić information content (AvgIpc) is 3.12. The Labute approximate surface area is 123 Å². The molecule has 0 radical (unpaired) electrons. The average molecular weight is 282 g/mol. The largest absolute Gasteiger partial charge is 0.357 e. The maximum absolute atomic E-state index is 10.6. The van der Waals surface area contributed by atoms with Crippen molar-refractivity contribution in [1.82, 2.24) is 4.98 Å². The molecule has 2 aliphatic rings. The van der Waals surface area contributed by atoms with Crippen LogP contribution in [-0.4, -0.2) is 15.8 Å². The predicted molar refractivity (Wildman–Crippen MR) is 80.0 cm³/mol. The first kappa shape index (κ1) is 12.7. The molecular weight excluding hydrogens is 264 g/mol. The Morgan fingerprint density at radius 3 is 2.76 bits per heavy atom. The lowest BCUT2D eigenvalue weighted by molar-refractivity contribution is -0.193. The van der Waals surface area contributed by atoms with E-state index in [1.807, 2.05) is 30.3 Å². The van der Waals surface area contributed by atoms with Crippen LogP contribution in [0.1, 0.15) is 41.8 Å². The van der Waals surface area contributed by atoms with Crippen molar-refractivity contribution >= 4 is 5.71 Å². The van der Waals surface area contributed by atoms with Crippen LogP contribution in [0.2, 0.25) is 0 Å². The second-order valence-corrected chi connectivity index (χ2v) is 5.85. The summed E-state index contributed by atoms with van der Waals surface area (Å²) in [6.45, 7) is 0. The molecule has 1 unspecified atom stereocenters. The molecule has 4 heteroatoms. The van der Waals surface area contributed by atoms with Crippen molar-refractivity contribution in [3.63, 3.8) is 0 Å². The Kier molecular flexibility index (Phi) is 2.86. The van der Waals surface area contributed by atoms with E-state index < -0.39 is 5.79 Å². The number of aryl methyl sites for hydroxylation is 2. The summed E-state index contributed by atoms with van der Waals surface area (Å²) in [6.07, 6.45) is 5.09. The van der Waals surface area contributed by atoms with Crippen LogP contribution in [0.3, 0.4) is 0 Å². The van der Waals surface area contributed by atoms with Gasteiger partial charge < -0.3 is 14.9 Å². The molecule has 4 rings (SSSR count). The molecule has 0 saturated heterocycles. The van der Waals surface area contributed by atoms with Gasteiger partial charge >= 0.3 is 0 Å². The maximum Gasteiger partial charge on any atom is 0.266 e. The van der Waals surface area contributed by atoms with Gasteiger partial charge in [-0.15, -0.1) is 0 Å². The van der Waals surface area contributed by atoms with Gasteiger partial charge in [-0.05, 0) is 37.3 Å². The topological polar surface area (TPSA) is 57.6 Å². The predicted octanol–water partition coefficient (Wildman–Crippen LogP) is 2.86. The number of hydrogen-bond donors (Lipinski definition) is 2. The van der Waals surface area contributed by atoms with E-state index in [9.17, 15) is 5.11 Å². The number of fused-ring (bicyclic) bond motifs is 1. The first-order chi connectivity index (χ1) is 10.2. The van der Waals surface area contributed by atoms with E-state index in [4.69, 9.17) is 4.84 Å². The van der Waals surface area contributed by atoms with E-state index in [-0.39, 0.29) is 0 Å². The van der Waals surface area contributed by atoms with Crippen molar-refractivity contribution in [2.24, 2.45) is 5.16 Å². The van der Waals surface area contributed by atoms with Gasteiger partial charge in [0.2, 0.25) is 0 Å². The molecule has 1 aromatic carbocycles. The van der Waals surface area contributed by atoms with Crippen molar-refractivity contribution in [1.29, 1.82) is 0 Å². The lowest BCUT2D eigenvalue weighted by atomic mass is 9.97. The highest BCUT2D eigenvalue weighted by molar-refractivity contribution is 6.00. The first-order valence-electron chi connectivity index (χ1n) is 7.49. The highest BCUT2D eigenvalue weighted by Gasteiger charge is 2.39. The molecule has 2 aromatic rings. The Morgan fingerprint density at radius 2 is 1.95 bits per heavy atom. The molecule has 2 heterocycles. The number of aromatic nitrogens is 1. The highest BCUT2D eigenvalue weighted by atomic mass is 16.7. The molecule has 0 bridgehead atoms. The normalized spacial score (nSPS) is 24.3. The molecule has 108 valence electrons. The molecule has 0 amide bonds. The molecule has 1 aliphatic heterocycles. The molecule has 1 aromatic heterocycles. The first-order valence-corrected chi connectivity index (χ1v) is 7.49. The number of aliphatic hydroxyl groups is 1. The fourth-order valence-corrected chi connectivity index (χ4v) is 3.18. The minimum absolute atomic E-state index is 0.371. The molecule has 0 saturated carbocycles. The van der Waals surface area contributed by atoms with Crippen molar-refractivity contribution < 1.29 is 9.94 Å². The van der Waals surface area contributed by atoms with Crippen LogP contribution in [0.15, 0.2) is 41.6 Å². The summed E-state index contributed by atoms with van der Waals surface area (Å²) >= 11 is 0. The summed E-state index contributed by atoms with van der Waals surface area (Å²) < 4.78 is 0. The van der Waals surface area contributed by atoms with E-state index in [0.29, 0.717) is 6.42 Å². The zero-order valence-corrected chi connectivity index (χ0v) is 11.8. The van der Waals surface area contributed by atoms with Crippen molar-refractivity contribution in [3.05, 3.63) is 58.9 Å². The molecule has 1 atom stereocenters. The van der Waals surface area contributed by atoms with Crippen LogP contribution in [-0.2, 0) is 23.5 Å². The number of aromatic amines is 1.